The van der Waals surface area contributed by atoms with E-state index in [2.05, 4.69) is 15.3 Å². The van der Waals surface area contributed by atoms with Crippen LogP contribution in [0.1, 0.15) is 17.7 Å². The normalized spacial score (nSPS) is 16.0. The average molecular weight is 615 g/mol. The molecule has 228 valence electrons. The third kappa shape index (κ3) is 6.74. The first-order valence-electron chi connectivity index (χ1n) is 14.1. The van der Waals surface area contributed by atoms with Crippen molar-refractivity contribution in [3.63, 3.8) is 0 Å². The van der Waals surface area contributed by atoms with Gasteiger partial charge in [0, 0.05) is 19.2 Å². The molecule has 0 saturated carbocycles. The van der Waals surface area contributed by atoms with E-state index in [1.165, 1.54) is 4.31 Å². The van der Waals surface area contributed by atoms with Crippen LogP contribution in [0.2, 0.25) is 0 Å². The van der Waals surface area contributed by atoms with Gasteiger partial charge < -0.3 is 19.9 Å². The van der Waals surface area contributed by atoms with Gasteiger partial charge in [-0.2, -0.15) is 4.31 Å². The van der Waals surface area contributed by atoms with E-state index in [4.69, 9.17) is 9.47 Å². The van der Waals surface area contributed by atoms with Crippen molar-refractivity contribution in [1.29, 1.82) is 0 Å². The molecule has 10 nitrogen and oxygen atoms in total. The molecule has 3 aromatic carbocycles. The fourth-order valence-corrected chi connectivity index (χ4v) is 6.77. The SMILES string of the molecule is COc1cccc(OC)c1-c1ccc(C[C@H](NC(=NCc2ccccn2)[C@@H]2CCN2S(=O)(=O)c2ccccc2)C(=O)O)cc1. The minimum atomic E-state index is -3.81. The number of rotatable bonds is 12. The monoisotopic (exact) mass is 614 g/mol. The first kappa shape index (κ1) is 30.7. The number of carboxylic acid groups (broad SMARTS) is 1. The minimum absolute atomic E-state index is 0.138. The molecule has 44 heavy (non-hydrogen) atoms. The molecule has 1 aliphatic rings. The number of nitrogens with zero attached hydrogens (tertiary/aromatic N) is 3. The van der Waals surface area contributed by atoms with Crippen LogP contribution in [0, 0.1) is 0 Å². The molecule has 1 aliphatic heterocycles. The molecule has 2 heterocycles. The van der Waals surface area contributed by atoms with Gasteiger partial charge in [-0.3, -0.25) is 9.98 Å². The van der Waals surface area contributed by atoms with Gasteiger partial charge >= 0.3 is 5.97 Å². The lowest BCUT2D eigenvalue weighted by atomic mass is 9.98. The van der Waals surface area contributed by atoms with Gasteiger partial charge in [0.2, 0.25) is 10.0 Å². The first-order valence-corrected chi connectivity index (χ1v) is 15.6. The summed E-state index contributed by atoms with van der Waals surface area (Å²) in [5, 5.41) is 13.3. The summed E-state index contributed by atoms with van der Waals surface area (Å²) in [5.74, 6) is 0.532. The van der Waals surface area contributed by atoms with Crippen LogP contribution >= 0.6 is 0 Å². The van der Waals surface area contributed by atoms with Crippen LogP contribution in [-0.4, -0.2) is 67.5 Å². The van der Waals surface area contributed by atoms with E-state index in [9.17, 15) is 18.3 Å². The Morgan fingerprint density at radius 2 is 1.66 bits per heavy atom. The lowest BCUT2D eigenvalue weighted by Gasteiger charge is -2.41. The van der Waals surface area contributed by atoms with Crippen molar-refractivity contribution in [3.8, 4) is 22.6 Å². The fourth-order valence-electron chi connectivity index (χ4n) is 5.11. The van der Waals surface area contributed by atoms with Gasteiger partial charge in [-0.05, 0) is 53.9 Å². The zero-order valence-corrected chi connectivity index (χ0v) is 25.3. The molecular weight excluding hydrogens is 580 g/mol. The number of carboxylic acids is 1. The summed E-state index contributed by atoms with van der Waals surface area (Å²) in [4.78, 5) is 21.7. The maximum atomic E-state index is 13.5. The molecule has 1 aromatic heterocycles. The van der Waals surface area contributed by atoms with Crippen LogP contribution in [-0.2, 0) is 27.8 Å². The third-order valence-electron chi connectivity index (χ3n) is 7.50. The maximum absolute atomic E-state index is 13.5. The highest BCUT2D eigenvalue weighted by Gasteiger charge is 2.42. The van der Waals surface area contributed by atoms with Crippen molar-refractivity contribution in [2.75, 3.05) is 20.8 Å². The van der Waals surface area contributed by atoms with Crippen LogP contribution in [0.25, 0.3) is 11.1 Å². The third-order valence-corrected chi connectivity index (χ3v) is 9.43. The summed E-state index contributed by atoms with van der Waals surface area (Å²) in [7, 11) is -0.619. The smallest absolute Gasteiger partial charge is 0.326 e. The van der Waals surface area contributed by atoms with Crippen molar-refractivity contribution in [1.82, 2.24) is 14.6 Å². The quantitative estimate of drug-likeness (QED) is 0.177. The second-order valence-electron chi connectivity index (χ2n) is 10.2. The molecule has 0 unspecified atom stereocenters. The van der Waals surface area contributed by atoms with Crippen molar-refractivity contribution < 1.29 is 27.8 Å². The Balaban J connectivity index is 1.40. The van der Waals surface area contributed by atoms with Gasteiger partial charge in [-0.1, -0.05) is 54.6 Å². The summed E-state index contributed by atoms with van der Waals surface area (Å²) in [6, 6.07) is 25.0. The van der Waals surface area contributed by atoms with E-state index in [0.717, 1.165) is 16.7 Å². The van der Waals surface area contributed by atoms with E-state index >= 15 is 0 Å². The van der Waals surface area contributed by atoms with Gasteiger partial charge in [0.15, 0.2) is 0 Å². The molecule has 1 fully saturated rings. The van der Waals surface area contributed by atoms with Gasteiger partial charge in [0.1, 0.15) is 23.4 Å². The molecule has 0 aliphatic carbocycles. The number of amidine groups is 1. The first-order chi connectivity index (χ1) is 21.3. The highest BCUT2D eigenvalue weighted by Crippen LogP contribution is 2.38. The minimum Gasteiger partial charge on any atom is -0.496 e. The largest absolute Gasteiger partial charge is 0.496 e. The van der Waals surface area contributed by atoms with Crippen LogP contribution in [0.5, 0.6) is 11.5 Å². The number of pyridine rings is 1. The second-order valence-corrected chi connectivity index (χ2v) is 12.1. The molecular formula is C33H34N4O6S. The summed E-state index contributed by atoms with van der Waals surface area (Å²) in [5.41, 5.74) is 3.11. The predicted molar refractivity (Wildman–Crippen MR) is 167 cm³/mol. The van der Waals surface area contributed by atoms with Gasteiger partial charge in [0.25, 0.3) is 0 Å². The number of ether oxygens (including phenoxy) is 2. The van der Waals surface area contributed by atoms with E-state index in [-0.39, 0.29) is 17.9 Å². The molecule has 4 aromatic rings. The number of nitrogens with one attached hydrogen (secondary N) is 1. The summed E-state index contributed by atoms with van der Waals surface area (Å²) < 4.78 is 39.3. The number of aliphatic carboxylic acids is 1. The van der Waals surface area contributed by atoms with E-state index in [0.29, 0.717) is 36.0 Å². The number of sulfonamides is 1. The van der Waals surface area contributed by atoms with Crippen molar-refractivity contribution in [2.24, 2.45) is 4.99 Å². The van der Waals surface area contributed by atoms with Crippen molar-refractivity contribution in [3.05, 3.63) is 108 Å². The van der Waals surface area contributed by atoms with E-state index in [1.807, 2.05) is 54.6 Å². The van der Waals surface area contributed by atoms with Gasteiger partial charge in [-0.25, -0.2) is 13.2 Å². The van der Waals surface area contributed by atoms with Crippen LogP contribution < -0.4 is 14.8 Å². The van der Waals surface area contributed by atoms with E-state index < -0.39 is 28.1 Å². The topological polar surface area (TPSA) is 130 Å². The Bertz CT molecular complexity index is 1690. The second kappa shape index (κ2) is 13.7. The molecule has 1 saturated heterocycles. The Hall–Kier alpha value is -4.74. The highest BCUT2D eigenvalue weighted by molar-refractivity contribution is 7.89. The molecule has 2 atom stereocenters. The number of benzene rings is 3. The van der Waals surface area contributed by atoms with Crippen LogP contribution in [0.15, 0.2) is 107 Å². The van der Waals surface area contributed by atoms with Crippen LogP contribution in [0.3, 0.4) is 0 Å². The summed E-state index contributed by atoms with van der Waals surface area (Å²) in [6.07, 6.45) is 2.29. The molecule has 0 amide bonds. The number of hydrogen-bond donors (Lipinski definition) is 2. The van der Waals surface area contributed by atoms with Gasteiger partial charge in [-0.15, -0.1) is 0 Å². The lowest BCUT2D eigenvalue weighted by molar-refractivity contribution is -0.139. The van der Waals surface area contributed by atoms with Gasteiger partial charge in [0.05, 0.1) is 43.0 Å². The number of carbonyl (C=O) groups is 1. The average Bonchev–Trinajstić information content (AvgIpc) is 3.03. The van der Waals surface area contributed by atoms with E-state index in [1.54, 1.807) is 56.8 Å². The number of aromatic nitrogens is 1. The Morgan fingerprint density at radius 1 is 0.977 bits per heavy atom. The molecule has 11 heteroatoms. The standard InChI is InChI=1S/C33H34N4O6S/c1-42-29-12-8-13-30(43-2)31(29)24-16-14-23(15-17-24)21-27(33(38)39)36-32(35-22-25-9-6-7-19-34-25)28-18-20-37(28)44(40,41)26-10-4-3-5-11-26/h3-17,19,27-28H,18,20-22H2,1-2H3,(H,35,36)(H,38,39)/t27-,28-/m0/s1. The van der Waals surface area contributed by atoms with Crippen LogP contribution in [0.4, 0.5) is 0 Å². The molecule has 0 bridgehead atoms. The number of methoxy groups -OCH3 is 2. The van der Waals surface area contributed by atoms with Crippen molar-refractivity contribution >= 4 is 21.8 Å². The highest BCUT2D eigenvalue weighted by atomic mass is 32.2. The predicted octanol–water partition coefficient (Wildman–Crippen LogP) is 4.41. The summed E-state index contributed by atoms with van der Waals surface area (Å²) in [6.45, 7) is 0.471. The van der Waals surface area contributed by atoms with Crippen molar-refractivity contribution in [2.45, 2.75) is 36.4 Å². The summed E-state index contributed by atoms with van der Waals surface area (Å²) >= 11 is 0. The molecule has 0 spiro atoms. The Morgan fingerprint density at radius 3 is 2.23 bits per heavy atom. The maximum Gasteiger partial charge on any atom is 0.326 e. The zero-order valence-electron chi connectivity index (χ0n) is 24.5. The zero-order chi connectivity index (χ0) is 31.1. The lowest BCUT2D eigenvalue weighted by Crippen LogP contribution is -2.60. The Kier molecular flexibility index (Phi) is 9.56. The molecule has 0 radical (unpaired) electrons. The molecule has 5 rings (SSSR count). The Labute approximate surface area is 257 Å². The number of hydrogen-bond acceptors (Lipinski definition) is 7. The fraction of sp³-hybridized carbons (Fsp3) is 0.242. The molecule has 2 N–H and O–H groups in total. The number of aliphatic imine (C=N–C) groups is 1.